The lowest BCUT2D eigenvalue weighted by molar-refractivity contribution is -0.688. The fraction of sp³-hybridized carbons (Fsp3) is 0.105. The van der Waals surface area contributed by atoms with E-state index in [2.05, 4.69) is 19.5 Å². The number of anilines is 1. The Morgan fingerprint density at radius 1 is 1.11 bits per heavy atom. The highest BCUT2D eigenvalue weighted by molar-refractivity contribution is 5.82. The van der Waals surface area contributed by atoms with Gasteiger partial charge in [-0.25, -0.2) is 4.57 Å². The molecule has 0 atom stereocenters. The highest BCUT2D eigenvalue weighted by Gasteiger charge is 2.10. The molecule has 0 fully saturated rings. The largest absolute Gasteiger partial charge is 1.00 e. The molecule has 3 aromatic heterocycles. The van der Waals surface area contributed by atoms with Crippen molar-refractivity contribution >= 4 is 17.0 Å². The summed E-state index contributed by atoms with van der Waals surface area (Å²) in [4.78, 5) is 21.7. The third kappa shape index (κ3) is 3.85. The molecule has 0 saturated carbocycles. The Labute approximate surface area is 165 Å². The summed E-state index contributed by atoms with van der Waals surface area (Å²) in [6.45, 7) is 0.759. The number of aromatic amines is 2. The lowest BCUT2D eigenvalue weighted by atomic mass is 10.2. The van der Waals surface area contributed by atoms with Gasteiger partial charge in [-0.1, -0.05) is 0 Å². The first-order valence-corrected chi connectivity index (χ1v) is 8.13. The molecule has 4 aromatic rings. The Kier molecular flexibility index (Phi) is 5.27. The van der Waals surface area contributed by atoms with Gasteiger partial charge in [0.15, 0.2) is 18.9 Å². The third-order valence-corrected chi connectivity index (χ3v) is 4.24. The van der Waals surface area contributed by atoms with Gasteiger partial charge in [0.2, 0.25) is 5.95 Å². The summed E-state index contributed by atoms with van der Waals surface area (Å²) in [5.41, 5.74) is 8.78. The van der Waals surface area contributed by atoms with Gasteiger partial charge in [0, 0.05) is 29.0 Å². The molecule has 0 aliphatic rings. The molecule has 3 heterocycles. The maximum Gasteiger partial charge on any atom is 0.261 e. The normalized spacial score (nSPS) is 10.6. The summed E-state index contributed by atoms with van der Waals surface area (Å²) in [5.74, 6) is 0.943. The van der Waals surface area contributed by atoms with Crippen molar-refractivity contribution in [3.8, 4) is 17.0 Å². The zero-order valence-corrected chi connectivity index (χ0v) is 16.2. The Hall–Kier alpha value is -3.13. The number of nitrogen functional groups attached to an aromatic ring is 1. The molecule has 0 amide bonds. The molecular weight excluding hydrogens is 410 g/mol. The first-order chi connectivity index (χ1) is 12.6. The molecule has 0 spiro atoms. The first-order valence-electron chi connectivity index (χ1n) is 8.13. The molecule has 0 unspecified atom stereocenters. The van der Waals surface area contributed by atoms with Gasteiger partial charge in [-0.05, 0) is 30.3 Å². The number of H-pyrrole nitrogens is 2. The van der Waals surface area contributed by atoms with Crippen molar-refractivity contribution in [1.29, 1.82) is 0 Å². The molecule has 138 valence electrons. The minimum Gasteiger partial charge on any atom is -1.00 e. The number of rotatable bonds is 4. The molecule has 0 saturated heterocycles. The van der Waals surface area contributed by atoms with Crippen molar-refractivity contribution < 1.29 is 26.3 Å². The quantitative estimate of drug-likeness (QED) is 0.358. The van der Waals surface area contributed by atoms with Crippen LogP contribution < -0.4 is 37.6 Å². The number of methoxy groups -OCH3 is 1. The molecule has 0 aliphatic heterocycles. The van der Waals surface area contributed by atoms with Gasteiger partial charge in [0.1, 0.15) is 11.4 Å². The molecule has 0 aliphatic carbocycles. The van der Waals surface area contributed by atoms with Crippen LogP contribution in [0.25, 0.3) is 22.3 Å². The van der Waals surface area contributed by atoms with Gasteiger partial charge in [0.25, 0.3) is 5.56 Å². The van der Waals surface area contributed by atoms with E-state index in [1.807, 2.05) is 48.8 Å². The van der Waals surface area contributed by atoms with Gasteiger partial charge >= 0.3 is 0 Å². The maximum atomic E-state index is 11.9. The zero-order chi connectivity index (χ0) is 18.1. The number of nitrogens with zero attached hydrogens (tertiary/aromatic N) is 2. The summed E-state index contributed by atoms with van der Waals surface area (Å²) in [6, 6.07) is 13.7. The predicted octanol–water partition coefficient (Wildman–Crippen LogP) is -1.15. The molecule has 0 bridgehead atoms. The van der Waals surface area contributed by atoms with Gasteiger partial charge in [-0.15, -0.1) is 0 Å². The molecule has 4 rings (SSSR count). The summed E-state index contributed by atoms with van der Waals surface area (Å²) in [6.07, 6.45) is 3.99. The van der Waals surface area contributed by atoms with Crippen LogP contribution in [-0.2, 0) is 6.54 Å². The van der Waals surface area contributed by atoms with Crippen LogP contribution in [0.15, 0.2) is 59.7 Å². The van der Waals surface area contributed by atoms with E-state index >= 15 is 0 Å². The summed E-state index contributed by atoms with van der Waals surface area (Å²) < 4.78 is 7.26. The molecule has 1 aromatic carbocycles. The van der Waals surface area contributed by atoms with E-state index in [9.17, 15) is 4.79 Å². The SMILES string of the molecule is COc1ccc(C[n+]2ccc(-c3cc4c(=O)[nH]c(N)nc4[nH]3)cc2)cc1.[Br-]. The fourth-order valence-electron chi connectivity index (χ4n) is 2.88. The Morgan fingerprint density at radius 3 is 2.48 bits per heavy atom. The molecule has 0 radical (unpaired) electrons. The van der Waals surface area contributed by atoms with Crippen LogP contribution in [0.4, 0.5) is 5.95 Å². The highest BCUT2D eigenvalue weighted by Crippen LogP contribution is 2.20. The monoisotopic (exact) mass is 427 g/mol. The number of aromatic nitrogens is 4. The van der Waals surface area contributed by atoms with E-state index in [-0.39, 0.29) is 28.5 Å². The van der Waals surface area contributed by atoms with Crippen LogP contribution in [0.1, 0.15) is 5.56 Å². The van der Waals surface area contributed by atoms with Crippen LogP contribution in [0.5, 0.6) is 5.75 Å². The van der Waals surface area contributed by atoms with Gasteiger partial charge in [-0.3, -0.25) is 9.78 Å². The second kappa shape index (κ2) is 7.63. The molecule has 8 heteroatoms. The van der Waals surface area contributed by atoms with Crippen LogP contribution in [0.2, 0.25) is 0 Å². The minimum atomic E-state index is -0.250. The number of halogens is 1. The Balaban J connectivity index is 0.00000210. The van der Waals surface area contributed by atoms with E-state index < -0.39 is 0 Å². The lowest BCUT2D eigenvalue weighted by Crippen LogP contribution is -3.00. The number of pyridine rings is 1. The Bertz CT molecular complexity index is 1120. The van der Waals surface area contributed by atoms with Gasteiger partial charge in [0.05, 0.1) is 12.5 Å². The molecule has 4 N–H and O–H groups in total. The van der Waals surface area contributed by atoms with E-state index in [0.717, 1.165) is 23.6 Å². The fourth-order valence-corrected chi connectivity index (χ4v) is 2.88. The molecule has 27 heavy (non-hydrogen) atoms. The van der Waals surface area contributed by atoms with E-state index in [1.165, 1.54) is 5.56 Å². The van der Waals surface area contributed by atoms with Crippen LogP contribution in [-0.4, -0.2) is 22.1 Å². The van der Waals surface area contributed by atoms with Crippen LogP contribution >= 0.6 is 0 Å². The summed E-state index contributed by atoms with van der Waals surface area (Å²) in [7, 11) is 1.66. The number of hydrogen-bond donors (Lipinski definition) is 3. The first kappa shape index (κ1) is 18.7. The lowest BCUT2D eigenvalue weighted by Gasteiger charge is -2.02. The van der Waals surface area contributed by atoms with E-state index in [0.29, 0.717) is 11.0 Å². The van der Waals surface area contributed by atoms with Crippen molar-refractivity contribution in [3.63, 3.8) is 0 Å². The third-order valence-electron chi connectivity index (χ3n) is 4.24. The van der Waals surface area contributed by atoms with E-state index in [1.54, 1.807) is 13.2 Å². The minimum absolute atomic E-state index is 0. The molecule has 7 nitrogen and oxygen atoms in total. The number of nitrogens with two attached hydrogens (primary N) is 1. The average Bonchev–Trinajstić information content (AvgIpc) is 3.07. The number of fused-ring (bicyclic) bond motifs is 1. The number of ether oxygens (including phenoxy) is 1. The van der Waals surface area contributed by atoms with Crippen molar-refractivity contribution in [1.82, 2.24) is 15.0 Å². The number of hydrogen-bond acceptors (Lipinski definition) is 4. The smallest absolute Gasteiger partial charge is 0.261 e. The van der Waals surface area contributed by atoms with Gasteiger partial charge in [-0.2, -0.15) is 4.98 Å². The van der Waals surface area contributed by atoms with Crippen molar-refractivity contribution in [2.45, 2.75) is 6.54 Å². The summed E-state index contributed by atoms with van der Waals surface area (Å²) >= 11 is 0. The highest BCUT2D eigenvalue weighted by atomic mass is 79.9. The number of benzene rings is 1. The predicted molar refractivity (Wildman–Crippen MR) is 98.9 cm³/mol. The maximum absolute atomic E-state index is 11.9. The zero-order valence-electron chi connectivity index (χ0n) is 14.6. The van der Waals surface area contributed by atoms with Crippen LogP contribution in [0, 0.1) is 0 Å². The van der Waals surface area contributed by atoms with Crippen molar-refractivity contribution in [3.05, 3.63) is 70.8 Å². The van der Waals surface area contributed by atoms with E-state index in [4.69, 9.17) is 10.5 Å². The molecular formula is C19H18BrN5O2. The van der Waals surface area contributed by atoms with Crippen LogP contribution in [0.3, 0.4) is 0 Å². The summed E-state index contributed by atoms with van der Waals surface area (Å²) in [5, 5.41) is 0.490. The number of nitrogens with one attached hydrogen (secondary N) is 2. The van der Waals surface area contributed by atoms with Crippen molar-refractivity contribution in [2.24, 2.45) is 0 Å². The Morgan fingerprint density at radius 2 is 1.81 bits per heavy atom. The second-order valence-corrected chi connectivity index (χ2v) is 6.00. The average molecular weight is 428 g/mol. The van der Waals surface area contributed by atoms with Gasteiger partial charge < -0.3 is 32.4 Å². The second-order valence-electron chi connectivity index (χ2n) is 6.00. The standard InChI is InChI=1S/C19H17N5O2.BrH/c1-26-14-4-2-12(3-5-14)11-24-8-6-13(7-9-24)16-10-15-17(21-16)22-19(20)23-18(15)25;/h2-10H,11H2,1H3,(H3,20,21,22,23,25);1H. The van der Waals surface area contributed by atoms with Crippen molar-refractivity contribution in [2.75, 3.05) is 12.8 Å². The topological polar surface area (TPSA) is 101 Å².